The molecule has 35 heavy (non-hydrogen) atoms. The Morgan fingerprint density at radius 1 is 0.514 bits per heavy atom. The number of aliphatic hydroxyl groups is 1. The minimum Gasteiger partial charge on any atom is -0.391 e. The quantitative estimate of drug-likeness (QED) is 0.116. The Balaban J connectivity index is 0. The summed E-state index contributed by atoms with van der Waals surface area (Å²) in [6.45, 7) is 12.6. The maximum atomic E-state index is 9.45. The number of unbranched alkanes of at least 4 members (excludes halogenated alkanes) is 18. The van der Waals surface area contributed by atoms with E-state index in [2.05, 4.69) is 13.8 Å². The maximum absolute atomic E-state index is 9.45. The Morgan fingerprint density at radius 3 is 1.03 bits per heavy atom. The molecule has 214 valence electrons. The predicted molar refractivity (Wildman–Crippen MR) is 158 cm³/mol. The second-order valence-electron chi connectivity index (χ2n) is 10.8. The molecule has 0 saturated carbocycles. The monoisotopic (exact) mass is 500 g/mol. The highest BCUT2D eigenvalue weighted by molar-refractivity contribution is 4.87. The fourth-order valence-corrected chi connectivity index (χ4v) is 4.61. The van der Waals surface area contributed by atoms with Crippen LogP contribution in [0.2, 0.25) is 0 Å². The number of nitrogens with two attached hydrogens (primary N) is 1. The van der Waals surface area contributed by atoms with Crippen molar-refractivity contribution < 1.29 is 9.84 Å². The molecule has 0 fully saturated rings. The zero-order valence-electron chi connectivity index (χ0n) is 25.2. The lowest BCUT2D eigenvalue weighted by molar-refractivity contribution is 0.0749. The second kappa shape index (κ2) is 30.1. The van der Waals surface area contributed by atoms with Crippen LogP contribution in [0.1, 0.15) is 182 Å². The standard InChI is InChI=1S/C24H50O.C8H19NO/c1-3-5-7-9-11-13-15-17-19-21-23-25-24-22-20-18-16-14-12-10-8-6-4-2;1-4-7(10)8(9,5-2)6-3/h3-24H2,1-2H3;7,10H,4-6,9H2,1-3H3. The van der Waals surface area contributed by atoms with Gasteiger partial charge in [0.1, 0.15) is 0 Å². The lowest BCUT2D eigenvalue weighted by Crippen LogP contribution is -2.49. The summed E-state index contributed by atoms with van der Waals surface area (Å²) in [5.41, 5.74) is 5.55. The van der Waals surface area contributed by atoms with Crippen LogP contribution in [0.15, 0.2) is 0 Å². The van der Waals surface area contributed by atoms with Crippen molar-refractivity contribution in [3.8, 4) is 0 Å². The van der Waals surface area contributed by atoms with E-state index in [1.54, 1.807) is 0 Å². The van der Waals surface area contributed by atoms with E-state index in [1.807, 2.05) is 20.8 Å². The molecule has 0 aliphatic heterocycles. The Bertz CT molecular complexity index is 349. The molecule has 3 heteroatoms. The molecule has 3 nitrogen and oxygen atoms in total. The van der Waals surface area contributed by atoms with E-state index in [0.717, 1.165) is 32.5 Å². The van der Waals surface area contributed by atoms with E-state index >= 15 is 0 Å². The Labute approximate surface area is 222 Å². The van der Waals surface area contributed by atoms with E-state index in [4.69, 9.17) is 10.5 Å². The van der Waals surface area contributed by atoms with Crippen LogP contribution in [0, 0.1) is 0 Å². The number of rotatable bonds is 26. The van der Waals surface area contributed by atoms with Crippen LogP contribution in [0.4, 0.5) is 0 Å². The maximum Gasteiger partial charge on any atom is 0.0716 e. The number of ether oxygens (including phenoxy) is 1. The first kappa shape index (κ1) is 37.0. The molecule has 0 amide bonds. The molecule has 0 aliphatic rings. The summed E-state index contributed by atoms with van der Waals surface area (Å²) in [4.78, 5) is 0. The molecule has 1 atom stereocenters. The first-order valence-corrected chi connectivity index (χ1v) is 16.1. The molecule has 0 aliphatic carbocycles. The molecule has 0 saturated heterocycles. The third-order valence-corrected chi connectivity index (χ3v) is 7.65. The number of aliphatic hydroxyl groups excluding tert-OH is 1. The summed E-state index contributed by atoms with van der Waals surface area (Å²) in [5.74, 6) is 0. The van der Waals surface area contributed by atoms with Gasteiger partial charge in [0, 0.05) is 18.8 Å². The lowest BCUT2D eigenvalue weighted by Gasteiger charge is -2.31. The van der Waals surface area contributed by atoms with Crippen LogP contribution in [0.3, 0.4) is 0 Å². The summed E-state index contributed by atoms with van der Waals surface area (Å²) in [6.07, 6.45) is 30.2. The molecule has 0 radical (unpaired) electrons. The third-order valence-electron chi connectivity index (χ3n) is 7.65. The van der Waals surface area contributed by atoms with Crippen molar-refractivity contribution >= 4 is 0 Å². The van der Waals surface area contributed by atoms with Gasteiger partial charge in [-0.3, -0.25) is 0 Å². The molecule has 0 aromatic rings. The normalized spacial score (nSPS) is 12.4. The van der Waals surface area contributed by atoms with Gasteiger partial charge < -0.3 is 15.6 Å². The Morgan fingerprint density at radius 2 is 0.800 bits per heavy atom. The van der Waals surface area contributed by atoms with E-state index in [-0.39, 0.29) is 11.6 Å². The summed E-state index contributed by atoms with van der Waals surface area (Å²) in [6, 6.07) is 0. The van der Waals surface area contributed by atoms with E-state index < -0.39 is 0 Å². The van der Waals surface area contributed by atoms with Crippen molar-refractivity contribution in [1.29, 1.82) is 0 Å². The van der Waals surface area contributed by atoms with Crippen LogP contribution in [-0.2, 0) is 4.74 Å². The summed E-state index contributed by atoms with van der Waals surface area (Å²) >= 11 is 0. The zero-order valence-corrected chi connectivity index (χ0v) is 25.2. The van der Waals surface area contributed by atoms with Crippen LogP contribution in [-0.4, -0.2) is 30.0 Å². The van der Waals surface area contributed by atoms with Gasteiger partial charge in [-0.1, -0.05) is 150 Å². The van der Waals surface area contributed by atoms with E-state index in [0.29, 0.717) is 0 Å². The average molecular weight is 500 g/mol. The fraction of sp³-hybridized carbons (Fsp3) is 1.00. The van der Waals surface area contributed by atoms with Crippen molar-refractivity contribution in [2.75, 3.05) is 13.2 Å². The minimum absolute atomic E-state index is 0.345. The van der Waals surface area contributed by atoms with Gasteiger partial charge in [-0.15, -0.1) is 0 Å². The highest BCUT2D eigenvalue weighted by atomic mass is 16.5. The van der Waals surface area contributed by atoms with Gasteiger partial charge in [-0.05, 0) is 32.1 Å². The molecule has 0 spiro atoms. The van der Waals surface area contributed by atoms with Crippen molar-refractivity contribution in [2.24, 2.45) is 5.73 Å². The van der Waals surface area contributed by atoms with Gasteiger partial charge in [0.15, 0.2) is 0 Å². The molecule has 0 bridgehead atoms. The highest BCUT2D eigenvalue weighted by Gasteiger charge is 2.27. The van der Waals surface area contributed by atoms with Crippen molar-refractivity contribution in [3.63, 3.8) is 0 Å². The first-order valence-electron chi connectivity index (χ1n) is 16.1. The van der Waals surface area contributed by atoms with Gasteiger partial charge in [-0.2, -0.15) is 0 Å². The highest BCUT2D eigenvalue weighted by Crippen LogP contribution is 2.18. The summed E-state index contributed by atoms with van der Waals surface area (Å²) < 4.78 is 5.78. The largest absolute Gasteiger partial charge is 0.391 e. The summed E-state index contributed by atoms with van der Waals surface area (Å²) in [7, 11) is 0. The van der Waals surface area contributed by atoms with E-state index in [1.165, 1.54) is 128 Å². The molecule has 1 unspecified atom stereocenters. The summed E-state index contributed by atoms with van der Waals surface area (Å²) in [5, 5.41) is 9.45. The molecule has 0 aromatic heterocycles. The topological polar surface area (TPSA) is 55.5 Å². The predicted octanol–water partition coefficient (Wildman–Crippen LogP) is 10.1. The van der Waals surface area contributed by atoms with Crippen molar-refractivity contribution in [2.45, 2.75) is 194 Å². The molecule has 0 rings (SSSR count). The van der Waals surface area contributed by atoms with Gasteiger partial charge >= 0.3 is 0 Å². The smallest absolute Gasteiger partial charge is 0.0716 e. The van der Waals surface area contributed by atoms with Gasteiger partial charge in [0.2, 0.25) is 0 Å². The van der Waals surface area contributed by atoms with Gasteiger partial charge in [-0.25, -0.2) is 0 Å². The average Bonchev–Trinajstić information content (AvgIpc) is 2.89. The molecular formula is C32H69NO2. The van der Waals surface area contributed by atoms with Crippen LogP contribution >= 0.6 is 0 Å². The molecular weight excluding hydrogens is 430 g/mol. The van der Waals surface area contributed by atoms with Crippen molar-refractivity contribution in [3.05, 3.63) is 0 Å². The zero-order chi connectivity index (χ0) is 26.5. The second-order valence-corrected chi connectivity index (χ2v) is 10.8. The van der Waals surface area contributed by atoms with E-state index in [9.17, 15) is 5.11 Å². The third kappa shape index (κ3) is 26.7. The van der Waals surface area contributed by atoms with Crippen LogP contribution < -0.4 is 5.73 Å². The molecule has 0 aromatic carbocycles. The molecule has 0 heterocycles. The van der Waals surface area contributed by atoms with Crippen LogP contribution in [0.5, 0.6) is 0 Å². The number of hydrogen-bond acceptors (Lipinski definition) is 3. The van der Waals surface area contributed by atoms with Crippen LogP contribution in [0.25, 0.3) is 0 Å². The molecule has 3 N–H and O–H groups in total. The Hall–Kier alpha value is -0.120. The van der Waals surface area contributed by atoms with Gasteiger partial charge in [0.05, 0.1) is 6.10 Å². The number of hydrogen-bond donors (Lipinski definition) is 2. The SMILES string of the molecule is CCC(O)C(N)(CC)CC.CCCCCCCCCCCCOCCCCCCCCCCCC. The minimum atomic E-state index is -0.352. The lowest BCUT2D eigenvalue weighted by atomic mass is 9.86. The Kier molecular flexibility index (Phi) is 31.9. The van der Waals surface area contributed by atoms with Crippen molar-refractivity contribution in [1.82, 2.24) is 0 Å². The first-order chi connectivity index (χ1) is 17.0. The van der Waals surface area contributed by atoms with Gasteiger partial charge in [0.25, 0.3) is 0 Å². The fourth-order valence-electron chi connectivity index (χ4n) is 4.61.